The van der Waals surface area contributed by atoms with Crippen LogP contribution < -0.4 is 5.32 Å². The minimum absolute atomic E-state index is 0.00717. The Labute approximate surface area is 499 Å². The lowest BCUT2D eigenvalue weighted by Gasteiger charge is -2.20. The van der Waals surface area contributed by atoms with Crippen LogP contribution in [0, 0.1) is 0 Å². The summed E-state index contributed by atoms with van der Waals surface area (Å²) in [5.41, 5.74) is 0. The highest BCUT2D eigenvalue weighted by atomic mass is 16.5. The first-order valence-corrected chi connectivity index (χ1v) is 35.9. The van der Waals surface area contributed by atoms with Crippen molar-refractivity contribution in [2.24, 2.45) is 0 Å². The number of amides is 1. The van der Waals surface area contributed by atoms with Gasteiger partial charge in [-0.25, -0.2) is 0 Å². The molecule has 6 heteroatoms. The van der Waals surface area contributed by atoms with E-state index in [1.807, 2.05) is 6.08 Å². The molecule has 0 radical (unpaired) electrons. The van der Waals surface area contributed by atoms with Gasteiger partial charge in [0.05, 0.1) is 25.4 Å². The van der Waals surface area contributed by atoms with E-state index in [1.54, 1.807) is 6.08 Å². The van der Waals surface area contributed by atoms with Gasteiger partial charge in [-0.2, -0.15) is 0 Å². The second-order valence-corrected chi connectivity index (χ2v) is 24.6. The first-order chi connectivity index (χ1) is 39.5. The number of aliphatic hydroxyl groups excluding tert-OH is 2. The minimum Gasteiger partial charge on any atom is -0.466 e. The van der Waals surface area contributed by atoms with Crippen molar-refractivity contribution in [3.8, 4) is 0 Å². The van der Waals surface area contributed by atoms with Gasteiger partial charge in [-0.1, -0.05) is 332 Å². The maximum Gasteiger partial charge on any atom is 0.305 e. The van der Waals surface area contributed by atoms with Crippen LogP contribution >= 0.6 is 0 Å². The number of hydrogen-bond donors (Lipinski definition) is 3. The first kappa shape index (κ1) is 77.8. The van der Waals surface area contributed by atoms with E-state index in [-0.39, 0.29) is 18.5 Å². The number of hydrogen-bond acceptors (Lipinski definition) is 5. The molecule has 0 aromatic rings. The molecule has 0 fully saturated rings. The van der Waals surface area contributed by atoms with E-state index in [0.29, 0.717) is 19.4 Å². The molecule has 2 unspecified atom stereocenters. The Morgan fingerprint density at radius 3 is 0.963 bits per heavy atom. The highest BCUT2D eigenvalue weighted by Gasteiger charge is 2.18. The van der Waals surface area contributed by atoms with Crippen molar-refractivity contribution < 1.29 is 24.5 Å². The Balaban J connectivity index is 3.44. The summed E-state index contributed by atoms with van der Waals surface area (Å²) in [5, 5.41) is 23.2. The van der Waals surface area contributed by atoms with Gasteiger partial charge >= 0.3 is 5.97 Å². The van der Waals surface area contributed by atoms with Crippen molar-refractivity contribution in [1.29, 1.82) is 0 Å². The summed E-state index contributed by atoms with van der Waals surface area (Å²) < 4.78 is 5.50. The SMILES string of the molecule is CCCCCCCC/C=C\CCCCCCCCCC(=O)OCCCCCCCCCCC/C=C\C/C=C\CCCCCCCCCCCCCC(=O)NC(CO)C(O)/C=C/CCCCCCCCCCCCCCCCCCC. The zero-order chi connectivity index (χ0) is 57.8. The molecule has 0 aliphatic carbocycles. The number of ether oxygens (including phenoxy) is 1. The molecule has 6 nitrogen and oxygen atoms in total. The molecule has 0 aromatic carbocycles. The van der Waals surface area contributed by atoms with Crippen molar-refractivity contribution in [2.45, 2.75) is 398 Å². The average molecular weight is 1120 g/mol. The molecular formula is C74H139NO5. The maximum absolute atomic E-state index is 12.5. The second-order valence-electron chi connectivity index (χ2n) is 24.6. The molecule has 1 amide bonds. The molecule has 0 saturated heterocycles. The van der Waals surface area contributed by atoms with Crippen LogP contribution in [0.25, 0.3) is 0 Å². The van der Waals surface area contributed by atoms with Gasteiger partial charge in [0.15, 0.2) is 0 Å². The molecule has 0 heterocycles. The molecule has 470 valence electrons. The van der Waals surface area contributed by atoms with Gasteiger partial charge in [0.25, 0.3) is 0 Å². The minimum atomic E-state index is -0.848. The molecule has 2 atom stereocenters. The Morgan fingerprint density at radius 1 is 0.350 bits per heavy atom. The van der Waals surface area contributed by atoms with Crippen LogP contribution in [0.3, 0.4) is 0 Å². The van der Waals surface area contributed by atoms with Gasteiger partial charge in [-0.15, -0.1) is 0 Å². The standard InChI is InChI=1S/C74H139NO5/c1-3-5-7-9-11-13-15-17-19-21-31-35-38-42-46-50-54-58-62-66-72(77)71(70-76)75-73(78)67-63-59-55-51-47-43-39-36-32-29-27-25-23-22-24-26-28-30-33-37-41-45-49-53-57-61-65-69-80-74(79)68-64-60-56-52-48-44-40-34-20-18-16-14-12-10-8-6-4-2/h18,20,22-23,26,28,62,66,71-72,76-77H,3-17,19,21,24-25,27,29-61,63-65,67-70H2,1-2H3,(H,75,78)/b20-18-,23-22-,28-26-,66-62+. The van der Waals surface area contributed by atoms with E-state index in [4.69, 9.17) is 4.74 Å². The normalized spacial score (nSPS) is 12.8. The van der Waals surface area contributed by atoms with Crippen molar-refractivity contribution in [3.63, 3.8) is 0 Å². The number of esters is 1. The third kappa shape index (κ3) is 65.0. The molecule has 3 N–H and O–H groups in total. The molecule has 0 aromatic heterocycles. The largest absolute Gasteiger partial charge is 0.466 e. The second kappa shape index (κ2) is 69.3. The van der Waals surface area contributed by atoms with E-state index >= 15 is 0 Å². The highest BCUT2D eigenvalue weighted by molar-refractivity contribution is 5.76. The molecule has 0 saturated carbocycles. The summed E-state index contributed by atoms with van der Waals surface area (Å²) in [5.74, 6) is -0.0613. The highest BCUT2D eigenvalue weighted by Crippen LogP contribution is 2.18. The summed E-state index contributed by atoms with van der Waals surface area (Å²) in [4.78, 5) is 24.6. The van der Waals surface area contributed by atoms with E-state index < -0.39 is 12.1 Å². The summed E-state index contributed by atoms with van der Waals surface area (Å²) in [6.07, 6.45) is 90.4. The van der Waals surface area contributed by atoms with Crippen LogP contribution in [-0.4, -0.2) is 47.4 Å². The molecule has 80 heavy (non-hydrogen) atoms. The first-order valence-electron chi connectivity index (χ1n) is 35.9. The molecular weight excluding hydrogens is 983 g/mol. The van der Waals surface area contributed by atoms with Crippen LogP contribution in [0.2, 0.25) is 0 Å². The van der Waals surface area contributed by atoms with Crippen LogP contribution in [0.5, 0.6) is 0 Å². The number of nitrogens with one attached hydrogen (secondary N) is 1. The lowest BCUT2D eigenvalue weighted by Crippen LogP contribution is -2.45. The summed E-state index contributed by atoms with van der Waals surface area (Å²) in [6.45, 7) is 4.92. The third-order valence-electron chi connectivity index (χ3n) is 16.6. The summed E-state index contributed by atoms with van der Waals surface area (Å²) >= 11 is 0. The Bertz CT molecular complexity index is 1340. The fourth-order valence-corrected chi connectivity index (χ4v) is 11.1. The Kier molecular flexibility index (Phi) is 67.4. The average Bonchev–Trinajstić information content (AvgIpc) is 3.46. The van der Waals surface area contributed by atoms with Crippen molar-refractivity contribution in [3.05, 3.63) is 48.6 Å². The van der Waals surface area contributed by atoms with Gasteiger partial charge in [0, 0.05) is 12.8 Å². The van der Waals surface area contributed by atoms with Gasteiger partial charge in [0.2, 0.25) is 5.91 Å². The zero-order valence-corrected chi connectivity index (χ0v) is 53.8. The number of rotatable bonds is 67. The van der Waals surface area contributed by atoms with E-state index in [2.05, 4.69) is 55.6 Å². The molecule has 0 aliphatic rings. The Hall–Kier alpha value is -2.18. The lowest BCUT2D eigenvalue weighted by atomic mass is 10.0. The zero-order valence-electron chi connectivity index (χ0n) is 53.8. The lowest BCUT2D eigenvalue weighted by molar-refractivity contribution is -0.143. The number of unbranched alkanes of at least 4 members (excludes halogenated alkanes) is 50. The monoisotopic (exact) mass is 1120 g/mol. The smallest absolute Gasteiger partial charge is 0.305 e. The number of carbonyl (C=O) groups excluding carboxylic acids is 2. The summed E-state index contributed by atoms with van der Waals surface area (Å²) in [7, 11) is 0. The van der Waals surface area contributed by atoms with Crippen LogP contribution in [0.1, 0.15) is 386 Å². The van der Waals surface area contributed by atoms with E-state index in [1.165, 1.54) is 308 Å². The van der Waals surface area contributed by atoms with Gasteiger partial charge in [-0.05, 0) is 89.9 Å². The molecule has 0 aliphatic heterocycles. The van der Waals surface area contributed by atoms with Crippen LogP contribution in [-0.2, 0) is 14.3 Å². The van der Waals surface area contributed by atoms with Gasteiger partial charge < -0.3 is 20.3 Å². The fraction of sp³-hybridized carbons (Fsp3) is 0.865. The number of allylic oxidation sites excluding steroid dienone is 7. The van der Waals surface area contributed by atoms with Crippen molar-refractivity contribution in [1.82, 2.24) is 5.32 Å². The molecule has 0 rings (SSSR count). The third-order valence-corrected chi connectivity index (χ3v) is 16.6. The number of aliphatic hydroxyl groups is 2. The van der Waals surface area contributed by atoms with Crippen LogP contribution in [0.4, 0.5) is 0 Å². The van der Waals surface area contributed by atoms with E-state index in [0.717, 1.165) is 51.4 Å². The van der Waals surface area contributed by atoms with Crippen molar-refractivity contribution >= 4 is 11.9 Å². The predicted octanol–water partition coefficient (Wildman–Crippen LogP) is 23.3. The topological polar surface area (TPSA) is 95.9 Å². The fourth-order valence-electron chi connectivity index (χ4n) is 11.1. The van der Waals surface area contributed by atoms with Crippen molar-refractivity contribution in [2.75, 3.05) is 13.2 Å². The van der Waals surface area contributed by atoms with Crippen LogP contribution in [0.15, 0.2) is 48.6 Å². The Morgan fingerprint density at radius 2 is 0.625 bits per heavy atom. The van der Waals surface area contributed by atoms with E-state index in [9.17, 15) is 19.8 Å². The predicted molar refractivity (Wildman–Crippen MR) is 352 cm³/mol. The summed E-state index contributed by atoms with van der Waals surface area (Å²) in [6, 6.07) is -0.632. The molecule has 0 spiro atoms. The molecule has 0 bridgehead atoms. The number of carbonyl (C=O) groups is 2. The van der Waals surface area contributed by atoms with Gasteiger partial charge in [-0.3, -0.25) is 9.59 Å². The maximum atomic E-state index is 12.5. The van der Waals surface area contributed by atoms with Gasteiger partial charge in [0.1, 0.15) is 0 Å². The quantitative estimate of drug-likeness (QED) is 0.0320.